The molecule has 5 rings (SSSR count). The molecule has 186 valence electrons. The fourth-order valence-corrected chi connectivity index (χ4v) is 4.46. The van der Waals surface area contributed by atoms with E-state index in [4.69, 9.17) is 14.5 Å². The van der Waals surface area contributed by atoms with Crippen LogP contribution < -0.4 is 4.74 Å². The summed E-state index contributed by atoms with van der Waals surface area (Å²) >= 11 is 0. The zero-order valence-electron chi connectivity index (χ0n) is 19.7. The summed E-state index contributed by atoms with van der Waals surface area (Å²) in [5.74, 6) is 1.16. The molecule has 0 bridgehead atoms. The lowest BCUT2D eigenvalue weighted by Crippen LogP contribution is -2.60. The quantitative estimate of drug-likeness (QED) is 0.330. The van der Waals surface area contributed by atoms with Crippen molar-refractivity contribution < 1.29 is 29.9 Å². The summed E-state index contributed by atoms with van der Waals surface area (Å²) in [6.07, 6.45) is -6.69. The fraction of sp³-hybridized carbons (Fsp3) is 0.250. The minimum atomic E-state index is -1.50. The van der Waals surface area contributed by atoms with Gasteiger partial charge in [0.1, 0.15) is 36.0 Å². The number of imidazole rings is 1. The van der Waals surface area contributed by atoms with Crippen molar-refractivity contribution in [3.63, 3.8) is 0 Å². The van der Waals surface area contributed by atoms with Gasteiger partial charge in [0, 0.05) is 23.7 Å². The monoisotopic (exact) mass is 488 g/mol. The molecule has 1 fully saturated rings. The Bertz CT molecular complexity index is 1290. The number of hydrogen-bond donors (Lipinski definition) is 4. The molecule has 5 unspecified atom stereocenters. The lowest BCUT2D eigenvalue weighted by atomic mass is 9.99. The first-order valence-electron chi connectivity index (χ1n) is 11.7. The molecule has 2 heterocycles. The Labute approximate surface area is 208 Å². The van der Waals surface area contributed by atoms with Gasteiger partial charge in [-0.15, -0.1) is 0 Å². The van der Waals surface area contributed by atoms with Gasteiger partial charge in [-0.2, -0.15) is 0 Å². The molecular formula is C28H28N2O6. The van der Waals surface area contributed by atoms with Crippen LogP contribution in [0.3, 0.4) is 0 Å². The zero-order chi connectivity index (χ0) is 25.2. The molecule has 0 saturated carbocycles. The van der Waals surface area contributed by atoms with Gasteiger partial charge >= 0.3 is 0 Å². The van der Waals surface area contributed by atoms with Crippen LogP contribution >= 0.6 is 0 Å². The largest absolute Gasteiger partial charge is 0.462 e. The second-order valence-corrected chi connectivity index (χ2v) is 8.76. The number of aliphatic hydroxyl groups is 4. The Kier molecular flexibility index (Phi) is 6.86. The molecule has 0 spiro atoms. The Hall–Kier alpha value is -3.53. The van der Waals surface area contributed by atoms with Gasteiger partial charge in [0.05, 0.1) is 18.0 Å². The number of ether oxygens (including phenoxy) is 2. The maximum atomic E-state index is 10.2. The predicted molar refractivity (Wildman–Crippen MR) is 134 cm³/mol. The second kappa shape index (κ2) is 10.2. The molecule has 1 saturated heterocycles. The second-order valence-electron chi connectivity index (χ2n) is 8.76. The molecule has 1 aromatic heterocycles. The van der Waals surface area contributed by atoms with Crippen LogP contribution in [0, 0.1) is 0 Å². The first-order valence-corrected chi connectivity index (χ1v) is 11.7. The maximum Gasteiger partial charge on any atom is 0.229 e. The lowest BCUT2D eigenvalue weighted by molar-refractivity contribution is -0.277. The number of rotatable bonds is 6. The van der Waals surface area contributed by atoms with Crippen molar-refractivity contribution in [2.45, 2.75) is 30.7 Å². The number of benzene rings is 3. The molecule has 4 N–H and O–H groups in total. The normalized spacial score (nSPS) is 24.0. The van der Waals surface area contributed by atoms with Crippen LogP contribution in [-0.2, 0) is 11.8 Å². The summed E-state index contributed by atoms with van der Waals surface area (Å²) in [6, 6.07) is 27.3. The summed E-state index contributed by atoms with van der Waals surface area (Å²) in [7, 11) is 1.98. The average molecular weight is 489 g/mol. The van der Waals surface area contributed by atoms with E-state index in [9.17, 15) is 20.4 Å². The molecule has 0 aliphatic carbocycles. The number of nitrogens with zero attached hydrogens (tertiary/aromatic N) is 2. The van der Waals surface area contributed by atoms with Crippen molar-refractivity contribution in [2.75, 3.05) is 6.61 Å². The van der Waals surface area contributed by atoms with Crippen LogP contribution in [0.2, 0.25) is 0 Å². The fourth-order valence-electron chi connectivity index (χ4n) is 4.46. The minimum Gasteiger partial charge on any atom is -0.462 e. The summed E-state index contributed by atoms with van der Waals surface area (Å²) in [5, 5.41) is 39.6. The molecule has 8 nitrogen and oxygen atoms in total. The van der Waals surface area contributed by atoms with Gasteiger partial charge in [0.25, 0.3) is 0 Å². The zero-order valence-corrected chi connectivity index (χ0v) is 19.7. The van der Waals surface area contributed by atoms with Crippen molar-refractivity contribution in [1.82, 2.24) is 9.55 Å². The molecule has 1 aliphatic heterocycles. The van der Waals surface area contributed by atoms with E-state index in [2.05, 4.69) is 16.7 Å². The first kappa shape index (κ1) is 24.2. The van der Waals surface area contributed by atoms with E-state index in [1.54, 1.807) is 12.1 Å². The van der Waals surface area contributed by atoms with Crippen LogP contribution in [0.25, 0.3) is 33.9 Å². The van der Waals surface area contributed by atoms with Gasteiger partial charge in [-0.05, 0) is 24.3 Å². The molecular weight excluding hydrogens is 460 g/mol. The van der Waals surface area contributed by atoms with Gasteiger partial charge < -0.3 is 34.5 Å². The Morgan fingerprint density at radius 1 is 0.778 bits per heavy atom. The lowest BCUT2D eigenvalue weighted by Gasteiger charge is -2.39. The molecule has 1 aliphatic rings. The van der Waals surface area contributed by atoms with Crippen LogP contribution in [0.1, 0.15) is 0 Å². The number of aliphatic hydroxyl groups excluding tert-OH is 4. The highest BCUT2D eigenvalue weighted by Crippen LogP contribution is 2.36. The van der Waals surface area contributed by atoms with Gasteiger partial charge in [0.2, 0.25) is 6.29 Å². The van der Waals surface area contributed by atoms with Crippen molar-refractivity contribution >= 4 is 0 Å². The van der Waals surface area contributed by atoms with Crippen molar-refractivity contribution in [2.24, 2.45) is 7.05 Å². The minimum absolute atomic E-state index is 0.392. The molecule has 0 radical (unpaired) electrons. The molecule has 3 aromatic carbocycles. The first-order chi connectivity index (χ1) is 17.5. The van der Waals surface area contributed by atoms with E-state index in [0.717, 1.165) is 33.9 Å². The highest BCUT2D eigenvalue weighted by Gasteiger charge is 2.44. The summed E-state index contributed by atoms with van der Waals surface area (Å²) in [5.41, 5.74) is 4.80. The topological polar surface area (TPSA) is 117 Å². The Morgan fingerprint density at radius 3 is 2.00 bits per heavy atom. The van der Waals surface area contributed by atoms with Crippen molar-refractivity contribution in [3.8, 4) is 39.7 Å². The molecule has 0 amide bonds. The molecule has 4 aromatic rings. The Morgan fingerprint density at radius 2 is 1.39 bits per heavy atom. The van der Waals surface area contributed by atoms with E-state index in [0.29, 0.717) is 5.75 Å². The van der Waals surface area contributed by atoms with Crippen molar-refractivity contribution in [3.05, 3.63) is 84.9 Å². The predicted octanol–water partition coefficient (Wildman–Crippen LogP) is 2.60. The third-order valence-electron chi connectivity index (χ3n) is 6.40. The number of aromatic nitrogens is 2. The highest BCUT2D eigenvalue weighted by molar-refractivity contribution is 5.82. The SMILES string of the molecule is Cn1c(-c2ccc(OC3OC(CO)C(O)C(O)C3O)cc2)nc(-c2ccccc2)c1-c1ccccc1. The third-order valence-corrected chi connectivity index (χ3v) is 6.40. The van der Waals surface area contributed by atoms with Crippen LogP contribution in [0.5, 0.6) is 5.75 Å². The molecule has 5 atom stereocenters. The van der Waals surface area contributed by atoms with E-state index < -0.39 is 37.3 Å². The van der Waals surface area contributed by atoms with E-state index in [1.165, 1.54) is 0 Å². The van der Waals surface area contributed by atoms with Crippen LogP contribution in [0.4, 0.5) is 0 Å². The standard InChI is InChI=1S/C28H28N2O6/c1-30-23(18-10-6-3-7-11-18)22(17-8-4-2-5-9-17)29-27(30)19-12-14-20(15-13-19)35-28-26(34)25(33)24(32)21(16-31)36-28/h2-15,21,24-26,28,31-34H,16H2,1H3. The maximum absolute atomic E-state index is 10.2. The van der Waals surface area contributed by atoms with E-state index >= 15 is 0 Å². The Balaban J connectivity index is 1.45. The van der Waals surface area contributed by atoms with Gasteiger partial charge in [-0.3, -0.25) is 0 Å². The summed E-state index contributed by atoms with van der Waals surface area (Å²) in [4.78, 5) is 4.99. The molecule has 8 heteroatoms. The summed E-state index contributed by atoms with van der Waals surface area (Å²) < 4.78 is 13.2. The van der Waals surface area contributed by atoms with Gasteiger partial charge in [-0.1, -0.05) is 60.7 Å². The number of hydrogen-bond acceptors (Lipinski definition) is 7. The van der Waals surface area contributed by atoms with Crippen LogP contribution in [0.15, 0.2) is 84.9 Å². The van der Waals surface area contributed by atoms with E-state index in [-0.39, 0.29) is 0 Å². The van der Waals surface area contributed by atoms with Gasteiger partial charge in [0.15, 0.2) is 0 Å². The average Bonchev–Trinajstić information content (AvgIpc) is 3.27. The third kappa shape index (κ3) is 4.53. The molecule has 36 heavy (non-hydrogen) atoms. The summed E-state index contributed by atoms with van der Waals surface area (Å²) in [6.45, 7) is -0.517. The van der Waals surface area contributed by atoms with Gasteiger partial charge in [-0.25, -0.2) is 4.98 Å². The van der Waals surface area contributed by atoms with E-state index in [1.807, 2.05) is 67.7 Å². The van der Waals surface area contributed by atoms with Crippen LogP contribution in [-0.4, -0.2) is 67.3 Å². The highest BCUT2D eigenvalue weighted by atomic mass is 16.7. The smallest absolute Gasteiger partial charge is 0.229 e. The van der Waals surface area contributed by atoms with Crippen molar-refractivity contribution in [1.29, 1.82) is 0 Å².